The summed E-state index contributed by atoms with van der Waals surface area (Å²) >= 11 is 0. The minimum absolute atomic E-state index is 0.502. The second kappa shape index (κ2) is 5.70. The Morgan fingerprint density at radius 1 is 1.26 bits per heavy atom. The van der Waals surface area contributed by atoms with Crippen molar-refractivity contribution in [3.05, 3.63) is 30.9 Å². The van der Waals surface area contributed by atoms with Gasteiger partial charge >= 0.3 is 0 Å². The SMILES string of the molecule is CNc1c(-c2cnn(C3CCN(C)CC3)c2)cnc2[nH]ccc12. The fraction of sp³-hybridized carbons (Fsp3) is 0.412. The van der Waals surface area contributed by atoms with Crippen molar-refractivity contribution in [2.75, 3.05) is 32.5 Å². The van der Waals surface area contributed by atoms with E-state index in [1.54, 1.807) is 0 Å². The third-order valence-corrected chi connectivity index (χ3v) is 4.81. The van der Waals surface area contributed by atoms with Crippen LogP contribution in [0, 0.1) is 0 Å². The van der Waals surface area contributed by atoms with E-state index in [1.165, 1.54) is 0 Å². The van der Waals surface area contributed by atoms with Crippen molar-refractivity contribution < 1.29 is 0 Å². The Labute approximate surface area is 135 Å². The first-order valence-electron chi connectivity index (χ1n) is 8.13. The minimum Gasteiger partial charge on any atom is -0.387 e. The zero-order chi connectivity index (χ0) is 15.8. The second-order valence-corrected chi connectivity index (χ2v) is 6.28. The van der Waals surface area contributed by atoms with Gasteiger partial charge in [-0.2, -0.15) is 5.10 Å². The molecular formula is C17H22N6. The summed E-state index contributed by atoms with van der Waals surface area (Å²) in [7, 11) is 4.13. The van der Waals surface area contributed by atoms with Gasteiger partial charge in [0.15, 0.2) is 0 Å². The number of fused-ring (bicyclic) bond motifs is 1. The molecule has 6 heteroatoms. The maximum Gasteiger partial charge on any atom is 0.139 e. The number of H-pyrrole nitrogens is 1. The van der Waals surface area contributed by atoms with E-state index in [0.29, 0.717) is 6.04 Å². The van der Waals surface area contributed by atoms with E-state index >= 15 is 0 Å². The Balaban J connectivity index is 1.69. The van der Waals surface area contributed by atoms with Crippen molar-refractivity contribution in [1.82, 2.24) is 24.6 Å². The molecule has 0 aliphatic carbocycles. The van der Waals surface area contributed by atoms with Gasteiger partial charge in [0.25, 0.3) is 0 Å². The normalized spacial score (nSPS) is 17.0. The summed E-state index contributed by atoms with van der Waals surface area (Å²) in [5.41, 5.74) is 4.21. The van der Waals surface area contributed by atoms with Gasteiger partial charge in [-0.15, -0.1) is 0 Å². The molecule has 1 fully saturated rings. The highest BCUT2D eigenvalue weighted by atomic mass is 15.3. The van der Waals surface area contributed by atoms with Crippen molar-refractivity contribution >= 4 is 16.7 Å². The van der Waals surface area contributed by atoms with Gasteiger partial charge in [0, 0.05) is 42.2 Å². The molecule has 1 saturated heterocycles. The molecule has 6 nitrogen and oxygen atoms in total. The van der Waals surface area contributed by atoms with Crippen LogP contribution < -0.4 is 5.32 Å². The van der Waals surface area contributed by atoms with Crippen molar-refractivity contribution in [1.29, 1.82) is 0 Å². The van der Waals surface area contributed by atoms with E-state index in [2.05, 4.69) is 49.3 Å². The highest BCUT2D eigenvalue weighted by Gasteiger charge is 2.20. The predicted molar refractivity (Wildman–Crippen MR) is 92.6 cm³/mol. The number of likely N-dealkylation sites (tertiary alicyclic amines) is 1. The minimum atomic E-state index is 0.502. The topological polar surface area (TPSA) is 61.8 Å². The third-order valence-electron chi connectivity index (χ3n) is 4.81. The van der Waals surface area contributed by atoms with Crippen LogP contribution in [-0.4, -0.2) is 51.8 Å². The smallest absolute Gasteiger partial charge is 0.139 e. The highest BCUT2D eigenvalue weighted by molar-refractivity contribution is 5.97. The Bertz CT molecular complexity index is 809. The molecule has 0 bridgehead atoms. The number of pyridine rings is 1. The molecule has 0 unspecified atom stereocenters. The van der Waals surface area contributed by atoms with Crippen LogP contribution in [0.5, 0.6) is 0 Å². The number of nitrogens with zero attached hydrogens (tertiary/aromatic N) is 4. The van der Waals surface area contributed by atoms with Crippen LogP contribution in [0.1, 0.15) is 18.9 Å². The van der Waals surface area contributed by atoms with Crippen LogP contribution in [-0.2, 0) is 0 Å². The van der Waals surface area contributed by atoms with Crippen molar-refractivity contribution in [3.8, 4) is 11.1 Å². The molecule has 0 amide bonds. The summed E-state index contributed by atoms with van der Waals surface area (Å²) in [6.07, 6.45) is 10.3. The van der Waals surface area contributed by atoms with Crippen molar-refractivity contribution in [2.24, 2.45) is 0 Å². The summed E-state index contributed by atoms with van der Waals surface area (Å²) in [6, 6.07) is 2.56. The highest BCUT2D eigenvalue weighted by Crippen LogP contribution is 2.33. The van der Waals surface area contributed by atoms with Crippen LogP contribution in [0.25, 0.3) is 22.2 Å². The van der Waals surface area contributed by atoms with Gasteiger partial charge in [0.2, 0.25) is 0 Å². The van der Waals surface area contributed by atoms with Gasteiger partial charge < -0.3 is 15.2 Å². The van der Waals surface area contributed by atoms with Gasteiger partial charge in [0.1, 0.15) is 5.65 Å². The molecule has 23 heavy (non-hydrogen) atoms. The van der Waals surface area contributed by atoms with Crippen molar-refractivity contribution in [2.45, 2.75) is 18.9 Å². The maximum absolute atomic E-state index is 4.62. The standard InChI is InChI=1S/C17H22N6/c1-18-16-14-3-6-19-17(14)20-10-15(16)12-9-21-23(11-12)13-4-7-22(2)8-5-13/h3,6,9-11,13H,4-5,7-8H2,1-2H3,(H2,18,19,20). The molecule has 0 radical (unpaired) electrons. The monoisotopic (exact) mass is 310 g/mol. The van der Waals surface area contributed by atoms with Crippen LogP contribution in [0.3, 0.4) is 0 Å². The van der Waals surface area contributed by atoms with Gasteiger partial charge in [-0.05, 0) is 39.0 Å². The molecule has 4 heterocycles. The average molecular weight is 310 g/mol. The maximum atomic E-state index is 4.62. The summed E-state index contributed by atoms with van der Waals surface area (Å²) < 4.78 is 2.13. The van der Waals surface area contributed by atoms with Gasteiger partial charge in [-0.25, -0.2) is 4.98 Å². The number of rotatable bonds is 3. The average Bonchev–Trinajstić information content (AvgIpc) is 3.23. The number of piperidine rings is 1. The largest absolute Gasteiger partial charge is 0.387 e. The van der Waals surface area contributed by atoms with Crippen LogP contribution in [0.15, 0.2) is 30.9 Å². The van der Waals surface area contributed by atoms with Gasteiger partial charge in [-0.1, -0.05) is 0 Å². The molecule has 2 N–H and O–H groups in total. The van der Waals surface area contributed by atoms with E-state index in [0.717, 1.165) is 53.8 Å². The Morgan fingerprint density at radius 3 is 2.87 bits per heavy atom. The van der Waals surface area contributed by atoms with E-state index < -0.39 is 0 Å². The summed E-state index contributed by atoms with van der Waals surface area (Å²) in [5, 5.41) is 9.04. The van der Waals surface area contributed by atoms with E-state index in [4.69, 9.17) is 0 Å². The lowest BCUT2D eigenvalue weighted by Gasteiger charge is -2.28. The Hall–Kier alpha value is -2.34. The molecule has 3 aromatic rings. The molecule has 120 valence electrons. The van der Waals surface area contributed by atoms with E-state index in [1.807, 2.05) is 25.6 Å². The summed E-state index contributed by atoms with van der Waals surface area (Å²) in [5.74, 6) is 0. The second-order valence-electron chi connectivity index (χ2n) is 6.28. The molecule has 0 atom stereocenters. The van der Waals surface area contributed by atoms with Gasteiger partial charge in [0.05, 0.1) is 17.9 Å². The number of hydrogen-bond donors (Lipinski definition) is 2. The molecule has 1 aliphatic heterocycles. The number of hydrogen-bond acceptors (Lipinski definition) is 4. The Kier molecular flexibility index (Phi) is 3.53. The number of anilines is 1. The molecule has 4 rings (SSSR count). The van der Waals surface area contributed by atoms with Crippen LogP contribution in [0.2, 0.25) is 0 Å². The lowest BCUT2D eigenvalue weighted by Crippen LogP contribution is -2.31. The van der Waals surface area contributed by atoms with Crippen LogP contribution >= 0.6 is 0 Å². The fourth-order valence-corrected chi connectivity index (χ4v) is 3.43. The number of nitrogens with one attached hydrogen (secondary N) is 2. The first-order chi connectivity index (χ1) is 11.3. The van der Waals surface area contributed by atoms with Crippen LogP contribution in [0.4, 0.5) is 5.69 Å². The fourth-order valence-electron chi connectivity index (χ4n) is 3.43. The third kappa shape index (κ3) is 2.49. The lowest BCUT2D eigenvalue weighted by atomic mass is 10.1. The predicted octanol–water partition coefficient (Wildman–Crippen LogP) is 2.73. The molecule has 1 aliphatic rings. The first-order valence-corrected chi connectivity index (χ1v) is 8.13. The number of aromatic amines is 1. The molecule has 0 aromatic carbocycles. The first kappa shape index (κ1) is 14.3. The van der Waals surface area contributed by atoms with E-state index in [-0.39, 0.29) is 0 Å². The van der Waals surface area contributed by atoms with Crippen molar-refractivity contribution in [3.63, 3.8) is 0 Å². The summed E-state index contributed by atoms with van der Waals surface area (Å²) in [4.78, 5) is 10.1. The number of aromatic nitrogens is 4. The zero-order valence-corrected chi connectivity index (χ0v) is 13.6. The molecule has 0 spiro atoms. The zero-order valence-electron chi connectivity index (χ0n) is 13.6. The van der Waals surface area contributed by atoms with Gasteiger partial charge in [-0.3, -0.25) is 4.68 Å². The lowest BCUT2D eigenvalue weighted by molar-refractivity contribution is 0.212. The summed E-state index contributed by atoms with van der Waals surface area (Å²) in [6.45, 7) is 2.27. The quantitative estimate of drug-likeness (QED) is 0.781. The Morgan fingerprint density at radius 2 is 2.09 bits per heavy atom. The molecule has 3 aromatic heterocycles. The molecule has 0 saturated carbocycles. The van der Waals surface area contributed by atoms with E-state index in [9.17, 15) is 0 Å². The molecular weight excluding hydrogens is 288 g/mol.